The van der Waals surface area contributed by atoms with Crippen LogP contribution in [0.2, 0.25) is 0 Å². The Morgan fingerprint density at radius 2 is 2.31 bits per heavy atom. The highest BCUT2D eigenvalue weighted by molar-refractivity contribution is 5.94. The molecule has 0 unspecified atom stereocenters. The summed E-state index contributed by atoms with van der Waals surface area (Å²) in [7, 11) is 0. The van der Waals surface area contributed by atoms with E-state index in [1.54, 1.807) is 23.2 Å². The third kappa shape index (κ3) is 4.12. The highest BCUT2D eigenvalue weighted by Gasteiger charge is 2.20. The number of carbonyl (C=O) groups excluding carboxylic acids is 2. The summed E-state index contributed by atoms with van der Waals surface area (Å²) in [6, 6.07) is 3.41. The first-order valence-electron chi connectivity index (χ1n) is 7.96. The Bertz CT molecular complexity index is 835. The van der Waals surface area contributed by atoms with Gasteiger partial charge in [-0.05, 0) is 12.1 Å². The molecular formula is C15H17N7O4. The van der Waals surface area contributed by atoms with E-state index in [0.29, 0.717) is 24.6 Å². The molecule has 0 atom stereocenters. The zero-order chi connectivity index (χ0) is 18.5. The van der Waals surface area contributed by atoms with Crippen molar-refractivity contribution in [2.75, 3.05) is 29.9 Å². The van der Waals surface area contributed by atoms with Crippen molar-refractivity contribution in [1.82, 2.24) is 20.1 Å². The summed E-state index contributed by atoms with van der Waals surface area (Å²) in [5.74, 6) is 0.156. The van der Waals surface area contributed by atoms with Crippen LogP contribution in [0.3, 0.4) is 0 Å². The molecule has 11 heteroatoms. The van der Waals surface area contributed by atoms with E-state index in [0.717, 1.165) is 6.20 Å². The molecule has 11 nitrogen and oxygen atoms in total. The Morgan fingerprint density at radius 3 is 3.04 bits per heavy atom. The molecule has 2 N–H and O–H groups in total. The van der Waals surface area contributed by atoms with Gasteiger partial charge in [-0.15, -0.1) is 0 Å². The molecule has 0 spiro atoms. The van der Waals surface area contributed by atoms with Crippen molar-refractivity contribution in [3.8, 4) is 0 Å². The van der Waals surface area contributed by atoms with Crippen LogP contribution in [0.25, 0.3) is 0 Å². The molecule has 3 rings (SSSR count). The van der Waals surface area contributed by atoms with Crippen LogP contribution in [0.15, 0.2) is 30.7 Å². The number of amides is 2. The fourth-order valence-electron chi connectivity index (χ4n) is 2.56. The minimum absolute atomic E-state index is 0.0909. The SMILES string of the molecule is O=C1CN(c2ncccc2NC(=O)CCn2cc([N+](=O)[O-])cn2)CCN1. The number of pyridine rings is 1. The van der Waals surface area contributed by atoms with E-state index in [1.807, 2.05) is 0 Å². The van der Waals surface area contributed by atoms with Crippen LogP contribution < -0.4 is 15.5 Å². The van der Waals surface area contributed by atoms with Crippen LogP contribution in [-0.2, 0) is 16.1 Å². The number of nitrogens with zero attached hydrogens (tertiary/aromatic N) is 5. The fourth-order valence-corrected chi connectivity index (χ4v) is 2.56. The number of aryl methyl sites for hydroxylation is 1. The maximum Gasteiger partial charge on any atom is 0.306 e. The summed E-state index contributed by atoms with van der Waals surface area (Å²) in [5.41, 5.74) is 0.391. The topological polar surface area (TPSA) is 135 Å². The highest BCUT2D eigenvalue weighted by Crippen LogP contribution is 2.23. The Kier molecular flexibility index (Phi) is 5.06. The minimum atomic E-state index is -0.541. The van der Waals surface area contributed by atoms with Gasteiger partial charge in [0.2, 0.25) is 11.8 Å². The molecule has 1 fully saturated rings. The molecule has 0 radical (unpaired) electrons. The third-order valence-electron chi connectivity index (χ3n) is 3.80. The van der Waals surface area contributed by atoms with Crippen molar-refractivity contribution in [3.63, 3.8) is 0 Å². The molecule has 136 valence electrons. The molecule has 26 heavy (non-hydrogen) atoms. The van der Waals surface area contributed by atoms with Gasteiger partial charge in [-0.25, -0.2) is 4.98 Å². The summed E-state index contributed by atoms with van der Waals surface area (Å²) < 4.78 is 1.34. The van der Waals surface area contributed by atoms with Crippen molar-refractivity contribution in [3.05, 3.63) is 40.8 Å². The number of nitrogens with one attached hydrogen (secondary N) is 2. The molecule has 0 aliphatic carbocycles. The predicted molar refractivity (Wildman–Crippen MR) is 91.6 cm³/mol. The van der Waals surface area contributed by atoms with Gasteiger partial charge in [0.05, 0.1) is 17.2 Å². The first kappa shape index (κ1) is 17.3. The molecule has 1 aliphatic heterocycles. The number of anilines is 2. The molecule has 3 heterocycles. The maximum absolute atomic E-state index is 12.2. The Hall–Kier alpha value is -3.50. The van der Waals surface area contributed by atoms with Crippen LogP contribution in [0.1, 0.15) is 6.42 Å². The largest absolute Gasteiger partial charge is 0.353 e. The summed E-state index contributed by atoms with van der Waals surface area (Å²) >= 11 is 0. The molecule has 2 aromatic rings. The van der Waals surface area contributed by atoms with Crippen LogP contribution in [0.5, 0.6) is 0 Å². The number of hydrogen-bond acceptors (Lipinski definition) is 7. The van der Waals surface area contributed by atoms with Crippen LogP contribution in [0, 0.1) is 10.1 Å². The Labute approximate surface area is 148 Å². The second-order valence-corrected chi connectivity index (χ2v) is 5.66. The van der Waals surface area contributed by atoms with Crippen LogP contribution >= 0.6 is 0 Å². The van der Waals surface area contributed by atoms with Gasteiger partial charge < -0.3 is 15.5 Å². The average Bonchev–Trinajstić information content (AvgIpc) is 3.10. The number of carbonyl (C=O) groups is 2. The smallest absolute Gasteiger partial charge is 0.306 e. The Morgan fingerprint density at radius 1 is 1.46 bits per heavy atom. The van der Waals surface area contributed by atoms with E-state index in [4.69, 9.17) is 0 Å². The molecule has 1 aliphatic rings. The summed E-state index contributed by atoms with van der Waals surface area (Å²) in [5, 5.41) is 20.0. The predicted octanol–water partition coefficient (Wildman–Crippen LogP) is 0.151. The monoisotopic (exact) mass is 359 g/mol. The van der Waals surface area contributed by atoms with Gasteiger partial charge in [-0.2, -0.15) is 5.10 Å². The van der Waals surface area contributed by atoms with E-state index < -0.39 is 4.92 Å². The second-order valence-electron chi connectivity index (χ2n) is 5.66. The normalized spacial score (nSPS) is 14.0. The lowest BCUT2D eigenvalue weighted by Gasteiger charge is -2.29. The number of rotatable bonds is 6. The van der Waals surface area contributed by atoms with Gasteiger partial charge in [0.15, 0.2) is 5.82 Å². The van der Waals surface area contributed by atoms with Crippen molar-refractivity contribution in [2.24, 2.45) is 0 Å². The fraction of sp³-hybridized carbons (Fsp3) is 0.333. The van der Waals surface area contributed by atoms with Crippen molar-refractivity contribution >= 4 is 29.0 Å². The van der Waals surface area contributed by atoms with E-state index >= 15 is 0 Å². The molecule has 2 aromatic heterocycles. The Balaban J connectivity index is 1.62. The van der Waals surface area contributed by atoms with Gasteiger partial charge in [0.25, 0.3) is 0 Å². The van der Waals surface area contributed by atoms with Gasteiger partial charge in [0.1, 0.15) is 12.4 Å². The van der Waals surface area contributed by atoms with E-state index in [9.17, 15) is 19.7 Å². The van der Waals surface area contributed by atoms with E-state index in [1.165, 1.54) is 10.9 Å². The maximum atomic E-state index is 12.2. The van der Waals surface area contributed by atoms with Crippen LogP contribution in [0.4, 0.5) is 17.2 Å². The average molecular weight is 359 g/mol. The standard InChI is InChI=1S/C15H17N7O4/c23-13(3-6-21-9-11(8-18-21)22(25)26)19-12-2-1-4-17-15(12)20-7-5-16-14(24)10-20/h1-2,4,8-9H,3,5-7,10H2,(H,16,24)(H,19,23). The molecular weight excluding hydrogens is 342 g/mol. The lowest BCUT2D eigenvalue weighted by Crippen LogP contribution is -2.48. The lowest BCUT2D eigenvalue weighted by atomic mass is 10.3. The number of hydrogen-bond donors (Lipinski definition) is 2. The zero-order valence-electron chi connectivity index (χ0n) is 13.8. The van der Waals surface area contributed by atoms with Crippen molar-refractivity contribution in [1.29, 1.82) is 0 Å². The third-order valence-corrected chi connectivity index (χ3v) is 3.80. The molecule has 2 amide bonds. The number of aromatic nitrogens is 3. The zero-order valence-corrected chi connectivity index (χ0v) is 13.8. The number of nitro groups is 1. The first-order chi connectivity index (χ1) is 12.5. The van der Waals surface area contributed by atoms with Crippen molar-refractivity contribution < 1.29 is 14.5 Å². The molecule has 0 bridgehead atoms. The summed E-state index contributed by atoms with van der Waals surface area (Å²) in [4.78, 5) is 39.9. The van der Waals surface area contributed by atoms with E-state index in [2.05, 4.69) is 20.7 Å². The summed E-state index contributed by atoms with van der Waals surface area (Å²) in [6.45, 7) is 1.50. The van der Waals surface area contributed by atoms with Crippen LogP contribution in [-0.4, -0.2) is 51.1 Å². The number of piperazine rings is 1. The van der Waals surface area contributed by atoms with Crippen molar-refractivity contribution in [2.45, 2.75) is 13.0 Å². The lowest BCUT2D eigenvalue weighted by molar-refractivity contribution is -0.385. The minimum Gasteiger partial charge on any atom is -0.353 e. The van der Waals surface area contributed by atoms with Gasteiger partial charge >= 0.3 is 5.69 Å². The van der Waals surface area contributed by atoms with Gasteiger partial charge in [-0.3, -0.25) is 24.4 Å². The first-order valence-corrected chi connectivity index (χ1v) is 7.96. The molecule has 0 saturated carbocycles. The highest BCUT2D eigenvalue weighted by atomic mass is 16.6. The second kappa shape index (κ2) is 7.59. The molecule has 0 aromatic carbocycles. The van der Waals surface area contributed by atoms with E-state index in [-0.39, 0.29) is 37.0 Å². The summed E-state index contributed by atoms with van der Waals surface area (Å²) in [6.07, 6.45) is 4.10. The van der Waals surface area contributed by atoms with Gasteiger partial charge in [-0.1, -0.05) is 0 Å². The quantitative estimate of drug-likeness (QED) is 0.553. The molecule has 1 saturated heterocycles. The van der Waals surface area contributed by atoms with Gasteiger partial charge in [0, 0.05) is 32.3 Å².